The van der Waals surface area contributed by atoms with Gasteiger partial charge in [0.2, 0.25) is 18.0 Å². The standard InChI is InChI=1S/C19H18FN5O5/c20-15-9-13(1-3-16(15)23-7-8-24(12-26)21-11-23)25-10-14(29-19(25)28)2-4-17(27)18-5-6-22-30-18/h1,3,5-6,9,11-12,14H,2,4,7-8,10H2/t14-/m0/s1. The molecule has 0 N–H and O–H groups in total. The number of hydrogen-bond acceptors (Lipinski definition) is 8. The molecule has 0 spiro atoms. The van der Waals surface area contributed by atoms with Crippen molar-refractivity contribution < 1.29 is 28.0 Å². The minimum Gasteiger partial charge on any atom is -0.444 e. The topological polar surface area (TPSA) is 109 Å². The zero-order valence-electron chi connectivity index (χ0n) is 15.8. The second-order valence-corrected chi connectivity index (χ2v) is 6.78. The van der Waals surface area contributed by atoms with Gasteiger partial charge >= 0.3 is 6.09 Å². The number of halogens is 1. The van der Waals surface area contributed by atoms with E-state index >= 15 is 0 Å². The van der Waals surface area contributed by atoms with Crippen molar-refractivity contribution in [3.63, 3.8) is 0 Å². The van der Waals surface area contributed by atoms with Gasteiger partial charge in [-0.05, 0) is 24.6 Å². The molecule has 0 aliphatic carbocycles. The third-order valence-corrected chi connectivity index (χ3v) is 4.86. The van der Waals surface area contributed by atoms with E-state index in [-0.39, 0.29) is 30.2 Å². The van der Waals surface area contributed by atoms with Gasteiger partial charge < -0.3 is 14.2 Å². The number of rotatable bonds is 7. The molecule has 0 radical (unpaired) electrons. The Kier molecular flexibility index (Phi) is 5.42. The molecule has 10 nitrogen and oxygen atoms in total. The molecular formula is C19H18FN5O5. The fraction of sp³-hybridized carbons (Fsp3) is 0.316. The molecule has 2 aliphatic rings. The van der Waals surface area contributed by atoms with Crippen LogP contribution in [0.15, 0.2) is 40.1 Å². The molecule has 30 heavy (non-hydrogen) atoms. The summed E-state index contributed by atoms with van der Waals surface area (Å²) in [6, 6.07) is 5.88. The van der Waals surface area contributed by atoms with Crippen molar-refractivity contribution in [1.82, 2.24) is 10.2 Å². The van der Waals surface area contributed by atoms with Gasteiger partial charge in [-0.3, -0.25) is 14.5 Å². The summed E-state index contributed by atoms with van der Waals surface area (Å²) in [6.45, 7) is 0.945. The minimum absolute atomic E-state index is 0.139. The molecule has 2 aliphatic heterocycles. The van der Waals surface area contributed by atoms with Crippen molar-refractivity contribution in [1.29, 1.82) is 0 Å². The lowest BCUT2D eigenvalue weighted by Gasteiger charge is -2.27. The molecule has 4 rings (SSSR count). The van der Waals surface area contributed by atoms with Crippen LogP contribution >= 0.6 is 0 Å². The fourth-order valence-corrected chi connectivity index (χ4v) is 3.27. The molecule has 156 valence electrons. The molecule has 1 aromatic heterocycles. The lowest BCUT2D eigenvalue weighted by atomic mass is 10.1. The quantitative estimate of drug-likeness (QED) is 0.503. The lowest BCUT2D eigenvalue weighted by molar-refractivity contribution is -0.118. The van der Waals surface area contributed by atoms with E-state index in [1.54, 1.807) is 17.0 Å². The third-order valence-electron chi connectivity index (χ3n) is 4.86. The van der Waals surface area contributed by atoms with Crippen LogP contribution in [0, 0.1) is 5.82 Å². The first-order valence-corrected chi connectivity index (χ1v) is 9.29. The Morgan fingerprint density at radius 3 is 2.83 bits per heavy atom. The number of aromatic nitrogens is 1. The maximum Gasteiger partial charge on any atom is 0.414 e. The maximum atomic E-state index is 14.7. The molecule has 2 aromatic rings. The van der Waals surface area contributed by atoms with E-state index in [0.717, 1.165) is 0 Å². The third kappa shape index (κ3) is 4.00. The van der Waals surface area contributed by atoms with Crippen molar-refractivity contribution in [3.8, 4) is 0 Å². The summed E-state index contributed by atoms with van der Waals surface area (Å²) in [4.78, 5) is 37.8. The highest BCUT2D eigenvalue weighted by atomic mass is 19.1. The zero-order chi connectivity index (χ0) is 21.1. The summed E-state index contributed by atoms with van der Waals surface area (Å²) in [5, 5.41) is 8.61. The van der Waals surface area contributed by atoms with Crippen LogP contribution in [0.5, 0.6) is 0 Å². The summed E-state index contributed by atoms with van der Waals surface area (Å²) in [5.74, 6) is -0.602. The van der Waals surface area contributed by atoms with Crippen LogP contribution in [-0.2, 0) is 9.53 Å². The summed E-state index contributed by atoms with van der Waals surface area (Å²) < 4.78 is 24.8. The van der Waals surface area contributed by atoms with Gasteiger partial charge in [0.15, 0.2) is 0 Å². The van der Waals surface area contributed by atoms with Crippen LogP contribution in [0.2, 0.25) is 0 Å². The molecule has 0 saturated carbocycles. The van der Waals surface area contributed by atoms with Gasteiger partial charge in [0, 0.05) is 19.0 Å². The van der Waals surface area contributed by atoms with E-state index < -0.39 is 18.0 Å². The highest BCUT2D eigenvalue weighted by Gasteiger charge is 2.33. The average Bonchev–Trinajstić information content (AvgIpc) is 3.42. The van der Waals surface area contributed by atoms with E-state index in [1.807, 2.05) is 0 Å². The Bertz CT molecular complexity index is 980. The first-order valence-electron chi connectivity index (χ1n) is 9.29. The van der Waals surface area contributed by atoms with E-state index in [4.69, 9.17) is 9.26 Å². The number of nitrogens with zero attached hydrogens (tertiary/aromatic N) is 5. The van der Waals surface area contributed by atoms with Gasteiger partial charge in [0.1, 0.15) is 18.3 Å². The number of amides is 2. The average molecular weight is 415 g/mol. The minimum atomic E-state index is -0.597. The number of benzene rings is 1. The second-order valence-electron chi connectivity index (χ2n) is 6.78. The summed E-state index contributed by atoms with van der Waals surface area (Å²) in [5.41, 5.74) is 0.642. The lowest BCUT2D eigenvalue weighted by Crippen LogP contribution is -2.37. The molecule has 1 fully saturated rings. The number of carbonyl (C=O) groups is 3. The predicted molar refractivity (Wildman–Crippen MR) is 103 cm³/mol. The van der Waals surface area contributed by atoms with Gasteiger partial charge in [-0.2, -0.15) is 5.10 Å². The molecule has 1 saturated heterocycles. The summed E-state index contributed by atoms with van der Waals surface area (Å²) in [7, 11) is 0. The number of Topliss-reactive ketones (excluding diaryl/α,β-unsaturated/α-hetero) is 1. The first-order chi connectivity index (χ1) is 14.5. The number of hydrogen-bond donors (Lipinski definition) is 0. The Morgan fingerprint density at radius 1 is 1.30 bits per heavy atom. The predicted octanol–water partition coefficient (Wildman–Crippen LogP) is 2.02. The van der Waals surface area contributed by atoms with Crippen molar-refractivity contribution in [2.75, 3.05) is 29.4 Å². The number of ketones is 1. The van der Waals surface area contributed by atoms with E-state index in [2.05, 4.69) is 10.3 Å². The normalized spacial score (nSPS) is 18.6. The van der Waals surface area contributed by atoms with Crippen molar-refractivity contribution >= 4 is 36.0 Å². The second kappa shape index (κ2) is 8.31. The van der Waals surface area contributed by atoms with Crippen LogP contribution in [0.1, 0.15) is 23.4 Å². The molecule has 0 bridgehead atoms. The number of anilines is 2. The SMILES string of the molecule is O=CN1CCN(c2ccc(N3C[C@H](CCC(=O)c4ccno4)OC3=O)cc2F)C=N1. The molecule has 1 aromatic carbocycles. The van der Waals surface area contributed by atoms with Gasteiger partial charge in [0.25, 0.3) is 0 Å². The van der Waals surface area contributed by atoms with E-state index in [1.165, 1.54) is 34.6 Å². The number of carbonyl (C=O) groups excluding carboxylic acids is 3. The van der Waals surface area contributed by atoms with Crippen LogP contribution in [0.4, 0.5) is 20.6 Å². The molecule has 0 unspecified atom stereocenters. The van der Waals surface area contributed by atoms with Gasteiger partial charge in [-0.25, -0.2) is 14.2 Å². The Labute approximate surface area is 170 Å². The Balaban J connectivity index is 1.39. The highest BCUT2D eigenvalue weighted by molar-refractivity contribution is 5.93. The molecule has 1 atom stereocenters. The molecule has 3 heterocycles. The fourth-order valence-electron chi connectivity index (χ4n) is 3.27. The van der Waals surface area contributed by atoms with Crippen LogP contribution in [-0.4, -0.2) is 60.5 Å². The van der Waals surface area contributed by atoms with Gasteiger partial charge in [-0.1, -0.05) is 5.16 Å². The first kappa shape index (κ1) is 19.6. The number of cyclic esters (lactones) is 1. The van der Waals surface area contributed by atoms with E-state index in [9.17, 15) is 18.8 Å². The number of hydrazone groups is 1. The van der Waals surface area contributed by atoms with Crippen LogP contribution < -0.4 is 9.80 Å². The monoisotopic (exact) mass is 415 g/mol. The molecular weight excluding hydrogens is 397 g/mol. The van der Waals surface area contributed by atoms with E-state index in [0.29, 0.717) is 31.6 Å². The van der Waals surface area contributed by atoms with Crippen molar-refractivity contribution in [3.05, 3.63) is 42.0 Å². The highest BCUT2D eigenvalue weighted by Crippen LogP contribution is 2.29. The van der Waals surface area contributed by atoms with Crippen molar-refractivity contribution in [2.24, 2.45) is 5.10 Å². The summed E-state index contributed by atoms with van der Waals surface area (Å²) in [6.07, 6.45) is 2.73. The van der Waals surface area contributed by atoms with Crippen molar-refractivity contribution in [2.45, 2.75) is 18.9 Å². The Morgan fingerprint density at radius 2 is 2.17 bits per heavy atom. The van der Waals surface area contributed by atoms with Crippen LogP contribution in [0.3, 0.4) is 0 Å². The number of ether oxygens (including phenoxy) is 1. The summed E-state index contributed by atoms with van der Waals surface area (Å²) >= 11 is 0. The van der Waals surface area contributed by atoms with Crippen LogP contribution in [0.25, 0.3) is 0 Å². The van der Waals surface area contributed by atoms with Gasteiger partial charge in [0.05, 0.1) is 30.7 Å². The maximum absolute atomic E-state index is 14.7. The smallest absolute Gasteiger partial charge is 0.414 e. The zero-order valence-corrected chi connectivity index (χ0v) is 15.8. The largest absolute Gasteiger partial charge is 0.444 e. The molecule has 11 heteroatoms. The molecule has 2 amide bonds. The Hall–Kier alpha value is -3.76. The van der Waals surface area contributed by atoms with Gasteiger partial charge in [-0.15, -0.1) is 0 Å².